The van der Waals surface area contributed by atoms with Crippen LogP contribution in [-0.4, -0.2) is 65.7 Å². The molecule has 0 spiro atoms. The summed E-state index contributed by atoms with van der Waals surface area (Å²) >= 11 is 0. The molecule has 1 unspecified atom stereocenters. The van der Waals surface area contributed by atoms with Gasteiger partial charge in [-0.3, -0.25) is 4.99 Å². The third-order valence-corrected chi connectivity index (χ3v) is 4.97. The van der Waals surface area contributed by atoms with Crippen molar-refractivity contribution >= 4 is 5.96 Å². The minimum absolute atomic E-state index is 0.298. The first-order valence-electron chi connectivity index (χ1n) is 8.91. The summed E-state index contributed by atoms with van der Waals surface area (Å²) in [6.07, 6.45) is 7.60. The molecular weight excluding hydrogens is 294 g/mol. The van der Waals surface area contributed by atoms with Crippen molar-refractivity contribution in [2.24, 2.45) is 10.4 Å². The van der Waals surface area contributed by atoms with Crippen molar-refractivity contribution in [3.05, 3.63) is 0 Å². The van der Waals surface area contributed by atoms with Crippen LogP contribution in [0.1, 0.15) is 38.5 Å². The van der Waals surface area contributed by atoms with E-state index in [1.165, 1.54) is 19.3 Å². The van der Waals surface area contributed by atoms with Gasteiger partial charge in [0.05, 0.1) is 19.3 Å². The van der Waals surface area contributed by atoms with Crippen LogP contribution in [-0.2, 0) is 14.2 Å². The van der Waals surface area contributed by atoms with Crippen LogP contribution in [0.2, 0.25) is 0 Å². The molecule has 0 aromatic heterocycles. The van der Waals surface area contributed by atoms with Crippen molar-refractivity contribution in [2.45, 2.75) is 44.6 Å². The topological polar surface area (TPSA) is 64.1 Å². The molecule has 1 saturated carbocycles. The Kier molecular flexibility index (Phi) is 8.12. The Morgan fingerprint density at radius 3 is 2.74 bits per heavy atom. The van der Waals surface area contributed by atoms with Crippen LogP contribution in [0, 0.1) is 5.41 Å². The van der Waals surface area contributed by atoms with Crippen molar-refractivity contribution in [1.82, 2.24) is 10.6 Å². The Balaban J connectivity index is 1.55. The van der Waals surface area contributed by atoms with E-state index in [1.807, 2.05) is 7.05 Å². The monoisotopic (exact) mass is 327 g/mol. The molecule has 1 heterocycles. The highest BCUT2D eigenvalue weighted by Crippen LogP contribution is 2.43. The van der Waals surface area contributed by atoms with Crippen molar-refractivity contribution in [3.8, 4) is 0 Å². The predicted molar refractivity (Wildman–Crippen MR) is 91.9 cm³/mol. The van der Waals surface area contributed by atoms with Gasteiger partial charge in [-0.05, 0) is 37.5 Å². The van der Waals surface area contributed by atoms with Gasteiger partial charge < -0.3 is 24.8 Å². The van der Waals surface area contributed by atoms with E-state index in [4.69, 9.17) is 14.2 Å². The molecule has 2 fully saturated rings. The van der Waals surface area contributed by atoms with Crippen LogP contribution in [0.5, 0.6) is 0 Å². The lowest BCUT2D eigenvalue weighted by atomic mass is 9.67. The maximum absolute atomic E-state index is 5.66. The van der Waals surface area contributed by atoms with E-state index >= 15 is 0 Å². The molecule has 0 aromatic rings. The first-order valence-corrected chi connectivity index (χ1v) is 8.91. The normalized spacial score (nSPS) is 23.6. The number of nitrogens with one attached hydrogen (secondary N) is 2. The number of hydrogen-bond donors (Lipinski definition) is 2. The highest BCUT2D eigenvalue weighted by molar-refractivity contribution is 5.79. The Morgan fingerprint density at radius 1 is 1.26 bits per heavy atom. The van der Waals surface area contributed by atoms with Crippen LogP contribution in [0.3, 0.4) is 0 Å². The molecule has 0 bridgehead atoms. The van der Waals surface area contributed by atoms with Gasteiger partial charge in [-0.2, -0.15) is 0 Å². The van der Waals surface area contributed by atoms with Gasteiger partial charge in [0.1, 0.15) is 0 Å². The lowest BCUT2D eigenvalue weighted by Crippen LogP contribution is -2.47. The Labute approximate surface area is 140 Å². The summed E-state index contributed by atoms with van der Waals surface area (Å²) in [6, 6.07) is 0. The van der Waals surface area contributed by atoms with Crippen LogP contribution in [0.15, 0.2) is 4.99 Å². The van der Waals surface area contributed by atoms with E-state index in [0.29, 0.717) is 24.7 Å². The number of guanidine groups is 1. The predicted octanol–water partition coefficient (Wildman–Crippen LogP) is 1.55. The molecule has 6 heteroatoms. The molecule has 1 aliphatic carbocycles. The highest BCUT2D eigenvalue weighted by Gasteiger charge is 2.36. The molecule has 2 rings (SSSR count). The zero-order valence-corrected chi connectivity index (χ0v) is 14.7. The first-order chi connectivity index (χ1) is 11.3. The molecule has 134 valence electrons. The summed E-state index contributed by atoms with van der Waals surface area (Å²) in [6.45, 7) is 4.83. The second-order valence-corrected chi connectivity index (χ2v) is 6.66. The summed E-state index contributed by atoms with van der Waals surface area (Å²) in [5.41, 5.74) is 0.393. The van der Waals surface area contributed by atoms with Crippen LogP contribution in [0.4, 0.5) is 0 Å². The Hall–Kier alpha value is -0.850. The second-order valence-electron chi connectivity index (χ2n) is 6.66. The van der Waals surface area contributed by atoms with Gasteiger partial charge in [0, 0.05) is 40.5 Å². The largest absolute Gasteiger partial charge is 0.385 e. The van der Waals surface area contributed by atoms with E-state index in [-0.39, 0.29) is 0 Å². The van der Waals surface area contributed by atoms with Crippen molar-refractivity contribution in [1.29, 1.82) is 0 Å². The molecule has 1 atom stereocenters. The Morgan fingerprint density at radius 2 is 2.13 bits per heavy atom. The number of nitrogens with zero attached hydrogens (tertiary/aromatic N) is 1. The third-order valence-electron chi connectivity index (χ3n) is 4.97. The molecular formula is C17H33N3O3. The maximum Gasteiger partial charge on any atom is 0.191 e. The molecule has 2 aliphatic rings. The van der Waals surface area contributed by atoms with Crippen LogP contribution < -0.4 is 10.6 Å². The van der Waals surface area contributed by atoms with Crippen molar-refractivity contribution in [2.75, 3.05) is 53.7 Å². The summed E-state index contributed by atoms with van der Waals surface area (Å²) in [5, 5.41) is 6.77. The SMILES string of the molecule is CN=C(NCCOCC1CCCO1)NCC1(CCOC)CCC1. The fourth-order valence-electron chi connectivity index (χ4n) is 3.23. The molecule has 0 amide bonds. The van der Waals surface area contributed by atoms with E-state index < -0.39 is 0 Å². The first kappa shape index (κ1) is 18.5. The van der Waals surface area contributed by atoms with E-state index in [9.17, 15) is 0 Å². The molecule has 1 aliphatic heterocycles. The number of methoxy groups -OCH3 is 1. The highest BCUT2D eigenvalue weighted by atomic mass is 16.5. The fraction of sp³-hybridized carbons (Fsp3) is 0.941. The minimum atomic E-state index is 0.298. The van der Waals surface area contributed by atoms with E-state index in [0.717, 1.165) is 51.5 Å². The Bertz CT molecular complexity index is 353. The van der Waals surface area contributed by atoms with E-state index in [2.05, 4.69) is 15.6 Å². The van der Waals surface area contributed by atoms with Gasteiger partial charge in [0.25, 0.3) is 0 Å². The smallest absolute Gasteiger partial charge is 0.191 e. The van der Waals surface area contributed by atoms with Crippen LogP contribution >= 0.6 is 0 Å². The molecule has 0 aromatic carbocycles. The number of ether oxygens (including phenoxy) is 3. The van der Waals surface area contributed by atoms with Gasteiger partial charge in [0.15, 0.2) is 5.96 Å². The standard InChI is InChI=1S/C17H33N3O3/c1-18-16(19-9-12-22-13-15-5-3-10-23-15)20-14-17(6-4-7-17)8-11-21-2/h15H,3-14H2,1-2H3,(H2,18,19,20). The summed E-state index contributed by atoms with van der Waals surface area (Å²) in [7, 11) is 3.59. The van der Waals surface area contributed by atoms with Gasteiger partial charge in [-0.1, -0.05) is 6.42 Å². The summed E-state index contributed by atoms with van der Waals surface area (Å²) in [4.78, 5) is 4.29. The van der Waals surface area contributed by atoms with E-state index in [1.54, 1.807) is 7.11 Å². The molecule has 6 nitrogen and oxygen atoms in total. The summed E-state index contributed by atoms with van der Waals surface area (Å²) < 4.78 is 16.4. The van der Waals surface area contributed by atoms with Gasteiger partial charge in [-0.25, -0.2) is 0 Å². The van der Waals surface area contributed by atoms with Gasteiger partial charge in [-0.15, -0.1) is 0 Å². The van der Waals surface area contributed by atoms with Crippen molar-refractivity contribution in [3.63, 3.8) is 0 Å². The minimum Gasteiger partial charge on any atom is -0.385 e. The maximum atomic E-state index is 5.66. The number of hydrogen-bond acceptors (Lipinski definition) is 4. The molecule has 0 radical (unpaired) electrons. The zero-order chi connectivity index (χ0) is 16.4. The van der Waals surface area contributed by atoms with Crippen molar-refractivity contribution < 1.29 is 14.2 Å². The lowest BCUT2D eigenvalue weighted by Gasteiger charge is -2.42. The van der Waals surface area contributed by atoms with Gasteiger partial charge >= 0.3 is 0 Å². The number of aliphatic imine (C=N–C) groups is 1. The second kappa shape index (κ2) is 10.1. The average molecular weight is 327 g/mol. The van der Waals surface area contributed by atoms with Gasteiger partial charge in [0.2, 0.25) is 0 Å². The molecule has 1 saturated heterocycles. The number of rotatable bonds is 10. The fourth-order valence-corrected chi connectivity index (χ4v) is 3.23. The molecule has 23 heavy (non-hydrogen) atoms. The van der Waals surface area contributed by atoms with Crippen LogP contribution in [0.25, 0.3) is 0 Å². The summed E-state index contributed by atoms with van der Waals surface area (Å²) in [5.74, 6) is 0.856. The molecule has 2 N–H and O–H groups in total. The third kappa shape index (κ3) is 6.28. The quantitative estimate of drug-likeness (QED) is 0.362. The lowest BCUT2D eigenvalue weighted by molar-refractivity contribution is 0.0190. The average Bonchev–Trinajstić information content (AvgIpc) is 3.04. The zero-order valence-electron chi connectivity index (χ0n) is 14.7.